The van der Waals surface area contributed by atoms with E-state index in [2.05, 4.69) is 5.32 Å². The predicted octanol–water partition coefficient (Wildman–Crippen LogP) is 2.74. The zero-order chi connectivity index (χ0) is 15.1. The fourth-order valence-electron chi connectivity index (χ4n) is 1.50. The lowest BCUT2D eigenvalue weighted by Gasteiger charge is -2.14. The Morgan fingerprint density at radius 2 is 2.05 bits per heavy atom. The van der Waals surface area contributed by atoms with Crippen molar-refractivity contribution in [3.63, 3.8) is 0 Å². The highest BCUT2D eigenvalue weighted by atomic mass is 35.5. The maximum atomic E-state index is 11.6. The minimum absolute atomic E-state index is 0.286. The number of hydrogen-bond donors (Lipinski definition) is 2. The molecule has 0 bridgehead atoms. The topological polar surface area (TPSA) is 75.6 Å². The smallest absolute Gasteiger partial charge is 0.326 e. The van der Waals surface area contributed by atoms with E-state index in [1.54, 1.807) is 12.1 Å². The Hall–Kier alpha value is -1.46. The van der Waals surface area contributed by atoms with Gasteiger partial charge in [0.1, 0.15) is 11.8 Å². The molecule has 20 heavy (non-hydrogen) atoms. The van der Waals surface area contributed by atoms with Crippen molar-refractivity contribution in [3.8, 4) is 5.75 Å². The van der Waals surface area contributed by atoms with Crippen molar-refractivity contribution in [2.45, 2.75) is 25.8 Å². The Kier molecular flexibility index (Phi) is 6.61. The van der Waals surface area contributed by atoms with Gasteiger partial charge >= 0.3 is 5.97 Å². The van der Waals surface area contributed by atoms with Gasteiger partial charge < -0.3 is 15.2 Å². The van der Waals surface area contributed by atoms with E-state index in [-0.39, 0.29) is 6.61 Å². The Labute approximate surface area is 126 Å². The molecule has 1 aromatic carbocycles. The van der Waals surface area contributed by atoms with Crippen LogP contribution in [0.25, 0.3) is 0 Å². The number of hydrogen-bond acceptors (Lipinski definition) is 3. The molecule has 0 unspecified atom stereocenters. The summed E-state index contributed by atoms with van der Waals surface area (Å²) in [4.78, 5) is 22.5. The molecule has 0 saturated carbocycles. The molecule has 0 aliphatic carbocycles. The number of carbonyl (C=O) groups excluding carboxylic acids is 1. The number of carboxylic acid groups (broad SMARTS) is 1. The predicted molar refractivity (Wildman–Crippen MR) is 76.4 cm³/mol. The normalized spacial score (nSPS) is 11.8. The molecule has 0 aromatic heterocycles. The zero-order valence-electron chi connectivity index (χ0n) is 10.9. The summed E-state index contributed by atoms with van der Waals surface area (Å²) in [5.74, 6) is -1.18. The Morgan fingerprint density at radius 1 is 1.35 bits per heavy atom. The van der Waals surface area contributed by atoms with Crippen LogP contribution >= 0.6 is 23.2 Å². The SMILES string of the molecule is CCC[C@H](NC(=O)COc1ccc(Cl)c(Cl)c1)C(=O)O. The summed E-state index contributed by atoms with van der Waals surface area (Å²) in [6.07, 6.45) is 1.03. The molecule has 0 fully saturated rings. The highest BCUT2D eigenvalue weighted by Gasteiger charge is 2.18. The monoisotopic (exact) mass is 319 g/mol. The van der Waals surface area contributed by atoms with Gasteiger partial charge in [0, 0.05) is 6.07 Å². The number of carboxylic acids is 1. The number of benzene rings is 1. The van der Waals surface area contributed by atoms with Crippen molar-refractivity contribution in [2.75, 3.05) is 6.61 Å². The minimum atomic E-state index is -1.06. The number of ether oxygens (including phenoxy) is 1. The first-order chi connectivity index (χ1) is 9.43. The van der Waals surface area contributed by atoms with Crippen LogP contribution in [0, 0.1) is 0 Å². The molecule has 1 aromatic rings. The van der Waals surface area contributed by atoms with Crippen LogP contribution in [-0.4, -0.2) is 29.6 Å². The van der Waals surface area contributed by atoms with Gasteiger partial charge in [-0.2, -0.15) is 0 Å². The van der Waals surface area contributed by atoms with Crippen LogP contribution in [0.2, 0.25) is 10.0 Å². The number of carbonyl (C=O) groups is 2. The van der Waals surface area contributed by atoms with Crippen molar-refractivity contribution in [3.05, 3.63) is 28.2 Å². The first kappa shape index (κ1) is 16.6. The number of rotatable bonds is 7. The molecule has 1 atom stereocenters. The lowest BCUT2D eigenvalue weighted by atomic mass is 10.2. The molecule has 1 rings (SSSR count). The Morgan fingerprint density at radius 3 is 2.60 bits per heavy atom. The largest absolute Gasteiger partial charge is 0.484 e. The van der Waals surface area contributed by atoms with Gasteiger partial charge in [0.25, 0.3) is 5.91 Å². The molecule has 7 heteroatoms. The van der Waals surface area contributed by atoms with E-state index in [0.717, 1.165) is 0 Å². The van der Waals surface area contributed by atoms with E-state index >= 15 is 0 Å². The van der Waals surface area contributed by atoms with Gasteiger partial charge in [-0.25, -0.2) is 4.79 Å². The van der Waals surface area contributed by atoms with Crippen LogP contribution in [0.3, 0.4) is 0 Å². The molecule has 0 aliphatic rings. The zero-order valence-corrected chi connectivity index (χ0v) is 12.4. The third-order valence-electron chi connectivity index (χ3n) is 2.47. The van der Waals surface area contributed by atoms with E-state index in [1.807, 2.05) is 6.92 Å². The van der Waals surface area contributed by atoms with Gasteiger partial charge in [0.15, 0.2) is 6.61 Å². The van der Waals surface area contributed by atoms with Gasteiger partial charge in [-0.05, 0) is 18.6 Å². The van der Waals surface area contributed by atoms with Crippen LogP contribution in [0.15, 0.2) is 18.2 Å². The third kappa shape index (κ3) is 5.27. The summed E-state index contributed by atoms with van der Waals surface area (Å²) in [5, 5.41) is 12.0. The van der Waals surface area contributed by atoms with Crippen molar-refractivity contribution < 1.29 is 19.4 Å². The quantitative estimate of drug-likeness (QED) is 0.810. The van der Waals surface area contributed by atoms with E-state index in [4.69, 9.17) is 33.0 Å². The van der Waals surface area contributed by atoms with Gasteiger partial charge in [0.2, 0.25) is 0 Å². The lowest BCUT2D eigenvalue weighted by molar-refractivity contribution is -0.142. The Bertz CT molecular complexity index is 493. The van der Waals surface area contributed by atoms with Crippen molar-refractivity contribution in [1.29, 1.82) is 0 Å². The standard InChI is InChI=1S/C13H15Cl2NO4/c1-2-3-11(13(18)19)16-12(17)7-20-8-4-5-9(14)10(15)6-8/h4-6,11H,2-3,7H2,1H3,(H,16,17)(H,18,19)/t11-/m0/s1. The highest BCUT2D eigenvalue weighted by Crippen LogP contribution is 2.26. The molecule has 2 N–H and O–H groups in total. The summed E-state index contributed by atoms with van der Waals surface area (Å²) in [7, 11) is 0. The van der Waals surface area contributed by atoms with Crippen LogP contribution in [0.1, 0.15) is 19.8 Å². The lowest BCUT2D eigenvalue weighted by Crippen LogP contribution is -2.42. The van der Waals surface area contributed by atoms with Gasteiger partial charge in [-0.3, -0.25) is 4.79 Å². The molecule has 0 aliphatic heterocycles. The van der Waals surface area contributed by atoms with Crippen LogP contribution in [0.4, 0.5) is 0 Å². The summed E-state index contributed by atoms with van der Waals surface area (Å²) in [5.41, 5.74) is 0. The van der Waals surface area contributed by atoms with Crippen molar-refractivity contribution in [2.24, 2.45) is 0 Å². The number of amides is 1. The second-order valence-electron chi connectivity index (χ2n) is 4.11. The maximum Gasteiger partial charge on any atom is 0.326 e. The molecular formula is C13H15Cl2NO4. The first-order valence-corrected chi connectivity index (χ1v) is 6.79. The molecule has 0 radical (unpaired) electrons. The fourth-order valence-corrected chi connectivity index (χ4v) is 1.79. The summed E-state index contributed by atoms with van der Waals surface area (Å²) >= 11 is 11.6. The van der Waals surface area contributed by atoms with Gasteiger partial charge in [0.05, 0.1) is 10.0 Å². The molecule has 0 saturated heterocycles. The fraction of sp³-hybridized carbons (Fsp3) is 0.385. The van der Waals surface area contributed by atoms with Crippen LogP contribution in [0.5, 0.6) is 5.75 Å². The Balaban J connectivity index is 2.50. The molecule has 0 spiro atoms. The van der Waals surface area contributed by atoms with E-state index in [0.29, 0.717) is 28.6 Å². The van der Waals surface area contributed by atoms with Gasteiger partial charge in [-0.15, -0.1) is 0 Å². The average molecular weight is 320 g/mol. The number of halogens is 2. The molecule has 1 amide bonds. The van der Waals surface area contributed by atoms with E-state index < -0.39 is 17.9 Å². The summed E-state index contributed by atoms with van der Waals surface area (Å²) in [6.45, 7) is 1.56. The average Bonchev–Trinajstić information content (AvgIpc) is 2.39. The van der Waals surface area contributed by atoms with Crippen LogP contribution in [-0.2, 0) is 9.59 Å². The van der Waals surface area contributed by atoms with Gasteiger partial charge in [-0.1, -0.05) is 36.5 Å². The first-order valence-electron chi connectivity index (χ1n) is 6.04. The third-order valence-corrected chi connectivity index (χ3v) is 3.21. The summed E-state index contributed by atoms with van der Waals surface area (Å²) < 4.78 is 5.21. The van der Waals surface area contributed by atoms with Crippen molar-refractivity contribution >= 4 is 35.1 Å². The molecule has 110 valence electrons. The second kappa shape index (κ2) is 7.97. The highest BCUT2D eigenvalue weighted by molar-refractivity contribution is 6.42. The molecule has 0 heterocycles. The van der Waals surface area contributed by atoms with E-state index in [9.17, 15) is 9.59 Å². The van der Waals surface area contributed by atoms with E-state index in [1.165, 1.54) is 6.07 Å². The minimum Gasteiger partial charge on any atom is -0.484 e. The maximum absolute atomic E-state index is 11.6. The van der Waals surface area contributed by atoms with Crippen LogP contribution < -0.4 is 10.1 Å². The summed E-state index contributed by atoms with van der Waals surface area (Å²) in [6, 6.07) is 3.71. The number of aliphatic carboxylic acids is 1. The second-order valence-corrected chi connectivity index (χ2v) is 4.93. The number of nitrogens with one attached hydrogen (secondary N) is 1. The van der Waals surface area contributed by atoms with Crippen molar-refractivity contribution in [1.82, 2.24) is 5.32 Å². The molecule has 5 nitrogen and oxygen atoms in total. The molecular weight excluding hydrogens is 305 g/mol.